The summed E-state index contributed by atoms with van der Waals surface area (Å²) in [5.74, 6) is 0. The Labute approximate surface area is 78.4 Å². The van der Waals surface area contributed by atoms with Crippen molar-refractivity contribution in [1.29, 1.82) is 0 Å². The molecule has 0 saturated heterocycles. The summed E-state index contributed by atoms with van der Waals surface area (Å²) in [6.45, 7) is 4.22. The summed E-state index contributed by atoms with van der Waals surface area (Å²) >= 11 is 9.46. The second-order valence-corrected chi connectivity index (χ2v) is 5.34. The third kappa shape index (κ3) is 1.01. The van der Waals surface area contributed by atoms with Crippen LogP contribution in [0.5, 0.6) is 0 Å². The molecule has 0 amide bonds. The smallest absolute Gasteiger partial charge is 0.0978 e. The van der Waals surface area contributed by atoms with Crippen LogP contribution in [0, 0.1) is 13.8 Å². The lowest BCUT2D eigenvalue weighted by molar-refractivity contribution is 1.54. The van der Waals surface area contributed by atoms with Crippen LogP contribution in [0.4, 0.5) is 0 Å². The maximum Gasteiger partial charge on any atom is 0.0978 e. The predicted octanol–water partition coefficient (Wildman–Crippen LogP) is 4.23. The molecular weight excluding hydrogens is 196 g/mol. The molecule has 0 atom stereocenters. The number of halogens is 1. The molecule has 2 aromatic rings. The highest BCUT2D eigenvalue weighted by Gasteiger charge is 2.09. The Kier molecular flexibility index (Phi) is 1.71. The van der Waals surface area contributed by atoms with Crippen LogP contribution in [-0.4, -0.2) is 0 Å². The van der Waals surface area contributed by atoms with E-state index in [0.29, 0.717) is 0 Å². The summed E-state index contributed by atoms with van der Waals surface area (Å²) in [6, 6.07) is 0. The van der Waals surface area contributed by atoms with Crippen molar-refractivity contribution in [3.05, 3.63) is 20.8 Å². The molecule has 2 rings (SSSR count). The largest absolute Gasteiger partial charge is 0.132 e. The van der Waals surface area contributed by atoms with Gasteiger partial charge in [-0.2, -0.15) is 0 Å². The Hall–Kier alpha value is -0.0500. The molecule has 0 aromatic carbocycles. The molecule has 0 radical (unpaired) electrons. The van der Waals surface area contributed by atoms with Gasteiger partial charge in [-0.05, 0) is 30.4 Å². The van der Waals surface area contributed by atoms with Crippen molar-refractivity contribution < 1.29 is 0 Å². The maximum atomic E-state index is 5.99. The van der Waals surface area contributed by atoms with Crippen LogP contribution in [0.25, 0.3) is 9.40 Å². The van der Waals surface area contributed by atoms with E-state index >= 15 is 0 Å². The van der Waals surface area contributed by atoms with E-state index in [-0.39, 0.29) is 0 Å². The lowest BCUT2D eigenvalue weighted by Gasteiger charge is -1.87. The van der Waals surface area contributed by atoms with Crippen LogP contribution >= 0.6 is 34.3 Å². The van der Waals surface area contributed by atoms with Crippen molar-refractivity contribution in [2.75, 3.05) is 0 Å². The molecule has 0 fully saturated rings. The molecule has 2 aromatic heterocycles. The lowest BCUT2D eigenvalue weighted by Crippen LogP contribution is -1.67. The predicted molar refractivity (Wildman–Crippen MR) is 54.2 cm³/mol. The zero-order chi connectivity index (χ0) is 8.01. The first-order valence-electron chi connectivity index (χ1n) is 3.33. The molecular formula is C8H7ClS2. The second-order valence-electron chi connectivity index (χ2n) is 2.58. The van der Waals surface area contributed by atoms with Crippen molar-refractivity contribution in [3.8, 4) is 0 Å². The zero-order valence-corrected chi connectivity index (χ0v) is 8.66. The van der Waals surface area contributed by atoms with Gasteiger partial charge in [0.1, 0.15) is 0 Å². The van der Waals surface area contributed by atoms with Gasteiger partial charge in [0.15, 0.2) is 0 Å². The molecule has 0 saturated carbocycles. The number of hydrogen-bond acceptors (Lipinski definition) is 2. The van der Waals surface area contributed by atoms with E-state index < -0.39 is 0 Å². The quantitative estimate of drug-likeness (QED) is 0.600. The van der Waals surface area contributed by atoms with Crippen LogP contribution in [0.1, 0.15) is 11.1 Å². The summed E-state index contributed by atoms with van der Waals surface area (Å²) < 4.78 is 2.29. The third-order valence-corrected chi connectivity index (χ3v) is 4.61. The molecule has 0 bridgehead atoms. The topological polar surface area (TPSA) is 0 Å². The normalized spacial score (nSPS) is 11.2. The zero-order valence-electron chi connectivity index (χ0n) is 6.27. The van der Waals surface area contributed by atoms with Crippen LogP contribution < -0.4 is 0 Å². The summed E-state index contributed by atoms with van der Waals surface area (Å²) in [5.41, 5.74) is 2.59. The van der Waals surface area contributed by atoms with Crippen LogP contribution in [-0.2, 0) is 0 Å². The van der Waals surface area contributed by atoms with Crippen molar-refractivity contribution in [1.82, 2.24) is 0 Å². The lowest BCUT2D eigenvalue weighted by atomic mass is 10.2. The van der Waals surface area contributed by atoms with Gasteiger partial charge in [-0.25, -0.2) is 0 Å². The molecule has 2 heterocycles. The Morgan fingerprint density at radius 1 is 1.36 bits per heavy atom. The number of thiophene rings is 2. The second kappa shape index (κ2) is 2.47. The molecule has 0 aliphatic rings. The van der Waals surface area contributed by atoms with Gasteiger partial charge in [0.05, 0.1) is 8.35 Å². The summed E-state index contributed by atoms with van der Waals surface area (Å²) in [6.07, 6.45) is 0. The first-order valence-corrected chi connectivity index (χ1v) is 5.40. The minimum absolute atomic E-state index is 0.940. The van der Waals surface area contributed by atoms with E-state index in [9.17, 15) is 0 Å². The Bertz CT molecular complexity index is 397. The van der Waals surface area contributed by atoms with Crippen molar-refractivity contribution in [2.24, 2.45) is 0 Å². The van der Waals surface area contributed by atoms with E-state index in [1.807, 2.05) is 0 Å². The Morgan fingerprint density at radius 3 is 2.73 bits per heavy atom. The highest BCUT2D eigenvalue weighted by molar-refractivity contribution is 7.39. The van der Waals surface area contributed by atoms with Crippen LogP contribution in [0.15, 0.2) is 5.38 Å². The maximum absolute atomic E-state index is 5.99. The first-order chi connectivity index (χ1) is 5.20. The molecule has 11 heavy (non-hydrogen) atoms. The van der Waals surface area contributed by atoms with Gasteiger partial charge >= 0.3 is 0 Å². The fourth-order valence-corrected chi connectivity index (χ4v) is 3.92. The fraction of sp³-hybridized carbons (Fsp3) is 0.250. The number of fused-ring (bicyclic) bond motifs is 1. The molecule has 58 valence electrons. The minimum Gasteiger partial charge on any atom is -0.132 e. The first kappa shape index (κ1) is 7.59. The Balaban J connectivity index is 2.95. The van der Waals surface area contributed by atoms with Gasteiger partial charge in [0.25, 0.3) is 0 Å². The van der Waals surface area contributed by atoms with Gasteiger partial charge in [0.2, 0.25) is 0 Å². The molecule has 0 N–H and O–H groups in total. The average molecular weight is 203 g/mol. The fourth-order valence-electron chi connectivity index (χ4n) is 1.20. The minimum atomic E-state index is 0.940. The average Bonchev–Trinajstić information content (AvgIpc) is 2.41. The Morgan fingerprint density at radius 2 is 2.09 bits per heavy atom. The molecule has 3 heteroatoms. The van der Waals surface area contributed by atoms with Gasteiger partial charge < -0.3 is 0 Å². The van der Waals surface area contributed by atoms with Gasteiger partial charge in [-0.3, -0.25) is 0 Å². The van der Waals surface area contributed by atoms with E-state index in [1.165, 1.54) is 20.5 Å². The van der Waals surface area contributed by atoms with E-state index in [1.54, 1.807) is 22.7 Å². The van der Waals surface area contributed by atoms with Crippen LogP contribution in [0.2, 0.25) is 4.34 Å². The highest BCUT2D eigenvalue weighted by atomic mass is 35.5. The summed E-state index contributed by atoms with van der Waals surface area (Å²) in [5, 5.41) is 3.55. The molecule has 0 spiro atoms. The van der Waals surface area contributed by atoms with Crippen molar-refractivity contribution in [3.63, 3.8) is 0 Å². The van der Waals surface area contributed by atoms with E-state index in [0.717, 1.165) is 4.34 Å². The number of rotatable bonds is 0. The standard InChI is InChI=1S/C8H7ClS2/c1-4-3-10-8-6(4)5(2)7(9)11-8/h3H,1-2H3. The molecule has 0 aliphatic carbocycles. The number of hydrogen-bond donors (Lipinski definition) is 0. The molecule has 0 unspecified atom stereocenters. The van der Waals surface area contributed by atoms with Crippen LogP contribution in [0.3, 0.4) is 0 Å². The van der Waals surface area contributed by atoms with Crippen molar-refractivity contribution in [2.45, 2.75) is 13.8 Å². The van der Waals surface area contributed by atoms with E-state index in [2.05, 4.69) is 19.2 Å². The monoisotopic (exact) mass is 202 g/mol. The van der Waals surface area contributed by atoms with Crippen molar-refractivity contribution >= 4 is 43.7 Å². The number of aryl methyl sites for hydroxylation is 2. The van der Waals surface area contributed by atoms with E-state index in [4.69, 9.17) is 11.6 Å². The summed E-state index contributed by atoms with van der Waals surface area (Å²) in [7, 11) is 0. The third-order valence-electron chi connectivity index (χ3n) is 1.79. The molecule has 0 nitrogen and oxygen atoms in total. The SMILES string of the molecule is Cc1csc2sc(Cl)c(C)c12. The molecule has 0 aliphatic heterocycles. The van der Waals surface area contributed by atoms with Gasteiger partial charge in [-0.1, -0.05) is 11.6 Å². The summed E-state index contributed by atoms with van der Waals surface area (Å²) in [4.78, 5) is 0. The van der Waals surface area contributed by atoms with Gasteiger partial charge in [-0.15, -0.1) is 22.7 Å². The van der Waals surface area contributed by atoms with Gasteiger partial charge in [0, 0.05) is 5.39 Å². The highest BCUT2D eigenvalue weighted by Crippen LogP contribution is 2.39.